The van der Waals surface area contributed by atoms with Crippen molar-refractivity contribution in [3.05, 3.63) is 0 Å². The van der Waals surface area contributed by atoms with Crippen molar-refractivity contribution in [2.45, 2.75) is 89.2 Å². The summed E-state index contributed by atoms with van der Waals surface area (Å²) >= 11 is 0. The summed E-state index contributed by atoms with van der Waals surface area (Å²) in [5.41, 5.74) is 6.52. The fourth-order valence-electron chi connectivity index (χ4n) is 4.04. The average molecular weight is 253 g/mol. The van der Waals surface area contributed by atoms with E-state index in [-0.39, 0.29) is 11.6 Å². The molecule has 0 aromatic carbocycles. The molecule has 2 fully saturated rings. The summed E-state index contributed by atoms with van der Waals surface area (Å²) in [5, 5.41) is 0. The first kappa shape index (κ1) is 14.3. The standard InChI is InChI=1S/C16H31NO/c1-2-18-16(12-6-7-13-16)15(17)11-10-14-8-4-3-5-9-14/h14-15H,2-13,17H2,1H3. The minimum absolute atomic E-state index is 0.0312. The molecule has 2 aliphatic carbocycles. The fraction of sp³-hybridized carbons (Fsp3) is 1.00. The van der Waals surface area contributed by atoms with Crippen LogP contribution in [0.5, 0.6) is 0 Å². The van der Waals surface area contributed by atoms with Gasteiger partial charge in [0, 0.05) is 12.6 Å². The zero-order valence-corrected chi connectivity index (χ0v) is 12.1. The molecular weight excluding hydrogens is 222 g/mol. The van der Waals surface area contributed by atoms with E-state index in [0.717, 1.165) is 12.5 Å². The summed E-state index contributed by atoms with van der Waals surface area (Å²) < 4.78 is 6.07. The number of hydrogen-bond acceptors (Lipinski definition) is 2. The highest BCUT2D eigenvalue weighted by atomic mass is 16.5. The van der Waals surface area contributed by atoms with Gasteiger partial charge in [0.05, 0.1) is 5.60 Å². The Labute approximate surface area is 113 Å². The molecule has 0 amide bonds. The number of nitrogens with two attached hydrogens (primary N) is 1. The van der Waals surface area contributed by atoms with Crippen molar-refractivity contribution < 1.29 is 4.74 Å². The predicted molar refractivity (Wildman–Crippen MR) is 76.6 cm³/mol. The summed E-state index contributed by atoms with van der Waals surface area (Å²) in [6.45, 7) is 2.92. The maximum absolute atomic E-state index is 6.49. The van der Waals surface area contributed by atoms with Crippen LogP contribution in [0.2, 0.25) is 0 Å². The van der Waals surface area contributed by atoms with Crippen LogP contribution < -0.4 is 5.73 Å². The molecule has 0 heterocycles. The second-order valence-corrected chi connectivity index (χ2v) is 6.39. The molecule has 0 aromatic heterocycles. The summed E-state index contributed by atoms with van der Waals surface area (Å²) in [7, 11) is 0. The molecule has 2 nitrogen and oxygen atoms in total. The topological polar surface area (TPSA) is 35.2 Å². The highest BCUT2D eigenvalue weighted by Gasteiger charge is 2.40. The zero-order chi connectivity index (χ0) is 12.8. The molecule has 2 N–H and O–H groups in total. The lowest BCUT2D eigenvalue weighted by Gasteiger charge is -2.36. The third-order valence-electron chi connectivity index (χ3n) is 5.17. The molecule has 0 bridgehead atoms. The van der Waals surface area contributed by atoms with Gasteiger partial charge in [-0.1, -0.05) is 44.9 Å². The Hall–Kier alpha value is -0.0800. The van der Waals surface area contributed by atoms with Gasteiger partial charge in [-0.3, -0.25) is 0 Å². The lowest BCUT2D eigenvalue weighted by molar-refractivity contribution is -0.0554. The Balaban J connectivity index is 1.79. The Bertz CT molecular complexity index is 229. The van der Waals surface area contributed by atoms with Crippen LogP contribution in [0.1, 0.15) is 77.6 Å². The van der Waals surface area contributed by atoms with E-state index in [0.29, 0.717) is 0 Å². The Morgan fingerprint density at radius 3 is 2.39 bits per heavy atom. The van der Waals surface area contributed by atoms with E-state index in [1.165, 1.54) is 70.6 Å². The lowest BCUT2D eigenvalue weighted by atomic mass is 9.82. The van der Waals surface area contributed by atoms with Gasteiger partial charge in [0.25, 0.3) is 0 Å². The molecule has 2 heteroatoms. The molecular formula is C16H31NO. The van der Waals surface area contributed by atoms with Gasteiger partial charge in [-0.25, -0.2) is 0 Å². The van der Waals surface area contributed by atoms with Gasteiger partial charge in [0.1, 0.15) is 0 Å². The second kappa shape index (κ2) is 6.91. The molecule has 1 unspecified atom stereocenters. The van der Waals surface area contributed by atoms with Crippen LogP contribution in [-0.2, 0) is 4.74 Å². The highest BCUT2D eigenvalue weighted by Crippen LogP contribution is 2.38. The van der Waals surface area contributed by atoms with E-state index < -0.39 is 0 Å². The van der Waals surface area contributed by atoms with Gasteiger partial charge in [0.15, 0.2) is 0 Å². The van der Waals surface area contributed by atoms with Crippen LogP contribution in [0.4, 0.5) is 0 Å². The zero-order valence-electron chi connectivity index (χ0n) is 12.1. The molecule has 106 valence electrons. The van der Waals surface area contributed by atoms with Crippen LogP contribution >= 0.6 is 0 Å². The average Bonchev–Trinajstić information content (AvgIpc) is 2.87. The summed E-state index contributed by atoms with van der Waals surface area (Å²) in [4.78, 5) is 0. The minimum atomic E-state index is 0.0312. The van der Waals surface area contributed by atoms with Gasteiger partial charge in [0.2, 0.25) is 0 Å². The van der Waals surface area contributed by atoms with Crippen molar-refractivity contribution in [2.75, 3.05) is 6.61 Å². The summed E-state index contributed by atoms with van der Waals surface area (Å²) in [6.07, 6.45) is 14.7. The van der Waals surface area contributed by atoms with E-state index in [1.807, 2.05) is 0 Å². The maximum Gasteiger partial charge on any atom is 0.0832 e. The third kappa shape index (κ3) is 3.48. The molecule has 0 radical (unpaired) electrons. The molecule has 1 atom stereocenters. The fourth-order valence-corrected chi connectivity index (χ4v) is 4.04. The van der Waals surface area contributed by atoms with Crippen molar-refractivity contribution >= 4 is 0 Å². The van der Waals surface area contributed by atoms with Gasteiger partial charge >= 0.3 is 0 Å². The quantitative estimate of drug-likeness (QED) is 0.776. The normalized spacial score (nSPS) is 26.3. The van der Waals surface area contributed by atoms with Crippen LogP contribution in [0.3, 0.4) is 0 Å². The van der Waals surface area contributed by atoms with Crippen molar-refractivity contribution in [2.24, 2.45) is 11.7 Å². The van der Waals surface area contributed by atoms with Crippen molar-refractivity contribution in [1.29, 1.82) is 0 Å². The summed E-state index contributed by atoms with van der Waals surface area (Å²) in [5.74, 6) is 0.949. The highest BCUT2D eigenvalue weighted by molar-refractivity contribution is 4.95. The molecule has 0 aliphatic heterocycles. The van der Waals surface area contributed by atoms with E-state index >= 15 is 0 Å². The van der Waals surface area contributed by atoms with E-state index in [4.69, 9.17) is 10.5 Å². The Morgan fingerprint density at radius 1 is 1.11 bits per heavy atom. The molecule has 0 spiro atoms. The molecule has 0 saturated heterocycles. The molecule has 0 aromatic rings. The van der Waals surface area contributed by atoms with Crippen molar-refractivity contribution in [3.63, 3.8) is 0 Å². The summed E-state index contributed by atoms with van der Waals surface area (Å²) in [6, 6.07) is 0.266. The van der Waals surface area contributed by atoms with Gasteiger partial charge in [-0.15, -0.1) is 0 Å². The predicted octanol–water partition coefficient (Wildman–Crippen LogP) is 4.02. The molecule has 2 aliphatic rings. The van der Waals surface area contributed by atoms with E-state index in [2.05, 4.69) is 6.92 Å². The van der Waals surface area contributed by atoms with Crippen LogP contribution in [0.15, 0.2) is 0 Å². The van der Waals surface area contributed by atoms with Crippen LogP contribution in [0, 0.1) is 5.92 Å². The van der Waals surface area contributed by atoms with Gasteiger partial charge < -0.3 is 10.5 Å². The van der Waals surface area contributed by atoms with Crippen molar-refractivity contribution in [3.8, 4) is 0 Å². The number of ether oxygens (including phenoxy) is 1. The van der Waals surface area contributed by atoms with Crippen LogP contribution in [0.25, 0.3) is 0 Å². The first-order valence-corrected chi connectivity index (χ1v) is 8.16. The Morgan fingerprint density at radius 2 is 1.78 bits per heavy atom. The largest absolute Gasteiger partial charge is 0.374 e. The number of hydrogen-bond donors (Lipinski definition) is 1. The molecule has 18 heavy (non-hydrogen) atoms. The van der Waals surface area contributed by atoms with E-state index in [1.54, 1.807) is 0 Å². The lowest BCUT2D eigenvalue weighted by Crippen LogP contribution is -2.48. The first-order valence-electron chi connectivity index (χ1n) is 8.16. The Kier molecular flexibility index (Phi) is 5.50. The van der Waals surface area contributed by atoms with Crippen molar-refractivity contribution in [1.82, 2.24) is 0 Å². The number of rotatable bonds is 6. The second-order valence-electron chi connectivity index (χ2n) is 6.39. The first-order chi connectivity index (χ1) is 8.77. The smallest absolute Gasteiger partial charge is 0.0832 e. The monoisotopic (exact) mass is 253 g/mol. The maximum atomic E-state index is 6.49. The van der Waals surface area contributed by atoms with Gasteiger partial charge in [-0.2, -0.15) is 0 Å². The SMILES string of the molecule is CCOC1(C(N)CCC2CCCCC2)CCCC1. The van der Waals surface area contributed by atoms with Crippen LogP contribution in [-0.4, -0.2) is 18.2 Å². The molecule has 2 rings (SSSR count). The van der Waals surface area contributed by atoms with E-state index in [9.17, 15) is 0 Å². The minimum Gasteiger partial charge on any atom is -0.374 e. The third-order valence-corrected chi connectivity index (χ3v) is 5.17. The molecule has 2 saturated carbocycles. The van der Waals surface area contributed by atoms with Gasteiger partial charge in [-0.05, 0) is 38.5 Å².